The lowest BCUT2D eigenvalue weighted by Crippen LogP contribution is -2.31. The van der Waals surface area contributed by atoms with Crippen LogP contribution in [0.15, 0.2) is 73.3 Å². The van der Waals surface area contributed by atoms with Crippen molar-refractivity contribution in [3.05, 3.63) is 95.6 Å². The number of phenols is 2. The lowest BCUT2D eigenvalue weighted by Gasteiger charge is -2.25. The summed E-state index contributed by atoms with van der Waals surface area (Å²) in [6.45, 7) is 0. The van der Waals surface area contributed by atoms with Crippen LogP contribution in [0.25, 0.3) is 0 Å². The first-order chi connectivity index (χ1) is 18.9. The minimum absolute atomic E-state index is 0.00855. The molecule has 0 saturated carbocycles. The van der Waals surface area contributed by atoms with E-state index in [0.29, 0.717) is 37.2 Å². The Hall–Kier alpha value is -4.17. The fourth-order valence-corrected chi connectivity index (χ4v) is 5.03. The number of methoxy groups -OCH3 is 2. The van der Waals surface area contributed by atoms with Crippen LogP contribution in [-0.2, 0) is 30.5 Å². The van der Waals surface area contributed by atoms with Crippen LogP contribution in [-0.4, -0.2) is 51.4 Å². The van der Waals surface area contributed by atoms with Gasteiger partial charge in [-0.25, -0.2) is 0 Å². The number of nitrogens with one attached hydrogen (secondary N) is 2. The van der Waals surface area contributed by atoms with E-state index in [0.717, 1.165) is 22.3 Å². The Bertz CT molecular complexity index is 1330. The Morgan fingerprint density at radius 2 is 1.23 bits per heavy atom. The summed E-state index contributed by atoms with van der Waals surface area (Å²) in [5, 5.41) is 31.4. The first-order valence-electron chi connectivity index (χ1n) is 13.0. The van der Waals surface area contributed by atoms with Gasteiger partial charge in [0.05, 0.1) is 20.3 Å². The van der Waals surface area contributed by atoms with Crippen LogP contribution in [0.3, 0.4) is 0 Å². The number of ether oxygens (including phenoxy) is 2. The Morgan fingerprint density at radius 1 is 0.744 bits per heavy atom. The highest BCUT2D eigenvalue weighted by Crippen LogP contribution is 2.31. The SMILES string of the molecule is COc1cc(CC(Cc2cc[nH]c2)C(=O)CC(O)C(Cc2cc[nH]c2)Cc2ccc(O)c(OC)c2)ccc1O. The van der Waals surface area contributed by atoms with E-state index in [4.69, 9.17) is 9.47 Å². The molecule has 3 atom stereocenters. The first kappa shape index (κ1) is 27.9. The van der Waals surface area contributed by atoms with Gasteiger partial charge < -0.3 is 34.8 Å². The Labute approximate surface area is 228 Å². The molecule has 8 nitrogen and oxygen atoms in total. The number of rotatable bonds is 14. The number of benzene rings is 2. The van der Waals surface area contributed by atoms with Crippen molar-refractivity contribution in [1.82, 2.24) is 9.97 Å². The van der Waals surface area contributed by atoms with Gasteiger partial charge >= 0.3 is 0 Å². The van der Waals surface area contributed by atoms with Crippen molar-refractivity contribution in [1.29, 1.82) is 0 Å². The van der Waals surface area contributed by atoms with Crippen LogP contribution in [0.1, 0.15) is 28.7 Å². The second-order valence-corrected chi connectivity index (χ2v) is 9.96. The lowest BCUT2D eigenvalue weighted by molar-refractivity contribution is -0.125. The number of Topliss-reactive ketones (excluding diaryl/α,β-unsaturated/α-hetero) is 1. The van der Waals surface area contributed by atoms with Gasteiger partial charge in [-0.1, -0.05) is 12.1 Å². The molecule has 2 heterocycles. The molecular weight excluding hydrogens is 496 g/mol. The molecule has 0 aliphatic rings. The van der Waals surface area contributed by atoms with E-state index >= 15 is 0 Å². The standard InChI is InChI=1S/C31H36N2O6/c1-38-30-15-20(3-5-26(30)34)11-24(13-22-7-9-32-18-22)28(36)17-29(37)25(14-23-8-10-33-19-23)12-21-4-6-27(35)31(16-21)39-2/h3-10,15-16,18-19,24-25,28,32-36H,11-14,17H2,1-2H3. The molecule has 0 saturated heterocycles. The van der Waals surface area contributed by atoms with E-state index < -0.39 is 6.10 Å². The third-order valence-corrected chi connectivity index (χ3v) is 7.18. The largest absolute Gasteiger partial charge is 0.504 e. The number of aromatic nitrogens is 2. The number of carbonyl (C=O) groups is 1. The summed E-state index contributed by atoms with van der Waals surface area (Å²) in [4.78, 5) is 19.8. The molecule has 0 amide bonds. The summed E-state index contributed by atoms with van der Waals surface area (Å²) < 4.78 is 10.5. The molecular formula is C31H36N2O6. The van der Waals surface area contributed by atoms with Crippen LogP contribution < -0.4 is 9.47 Å². The van der Waals surface area contributed by atoms with E-state index in [2.05, 4.69) is 9.97 Å². The molecule has 5 N–H and O–H groups in total. The minimum Gasteiger partial charge on any atom is -0.504 e. The van der Waals surface area contributed by atoms with Gasteiger partial charge in [-0.05, 0) is 90.3 Å². The summed E-state index contributed by atoms with van der Waals surface area (Å²) in [7, 11) is 2.99. The molecule has 4 rings (SSSR count). The predicted octanol–water partition coefficient (Wildman–Crippen LogP) is 4.59. The number of H-pyrrole nitrogens is 2. The lowest BCUT2D eigenvalue weighted by atomic mass is 9.82. The summed E-state index contributed by atoms with van der Waals surface area (Å²) in [6, 6.07) is 14.2. The van der Waals surface area contributed by atoms with Crippen LogP contribution in [0.2, 0.25) is 0 Å². The second kappa shape index (κ2) is 13.1. The van der Waals surface area contributed by atoms with Crippen LogP contribution >= 0.6 is 0 Å². The van der Waals surface area contributed by atoms with Crippen molar-refractivity contribution in [2.24, 2.45) is 11.8 Å². The number of hydrogen-bond donors (Lipinski definition) is 5. The fourth-order valence-electron chi connectivity index (χ4n) is 5.03. The van der Waals surface area contributed by atoms with Crippen molar-refractivity contribution in [2.45, 2.75) is 38.2 Å². The molecule has 0 aliphatic heterocycles. The number of aliphatic hydroxyl groups excluding tert-OH is 1. The number of carbonyl (C=O) groups excluding carboxylic acids is 1. The van der Waals surface area contributed by atoms with Crippen LogP contribution in [0, 0.1) is 11.8 Å². The molecule has 8 heteroatoms. The predicted molar refractivity (Wildman–Crippen MR) is 148 cm³/mol. The third kappa shape index (κ3) is 7.45. The molecule has 0 fully saturated rings. The van der Waals surface area contributed by atoms with Gasteiger partial charge in [-0.2, -0.15) is 0 Å². The smallest absolute Gasteiger partial charge is 0.160 e. The molecule has 0 bridgehead atoms. The number of ketones is 1. The maximum absolute atomic E-state index is 13.7. The highest BCUT2D eigenvalue weighted by atomic mass is 16.5. The number of hydrogen-bond acceptors (Lipinski definition) is 6. The van der Waals surface area contributed by atoms with Crippen molar-refractivity contribution in [3.63, 3.8) is 0 Å². The Kier molecular flexibility index (Phi) is 9.33. The summed E-state index contributed by atoms with van der Waals surface area (Å²) in [5.74, 6) is 0.192. The van der Waals surface area contributed by atoms with Gasteiger partial charge in [0.2, 0.25) is 0 Å². The summed E-state index contributed by atoms with van der Waals surface area (Å²) in [5.41, 5.74) is 3.82. The highest BCUT2D eigenvalue weighted by Gasteiger charge is 2.28. The van der Waals surface area contributed by atoms with Gasteiger partial charge in [0.1, 0.15) is 5.78 Å². The maximum atomic E-state index is 13.7. The average Bonchev–Trinajstić information content (AvgIpc) is 3.64. The Balaban J connectivity index is 1.53. The van der Waals surface area contributed by atoms with E-state index in [1.165, 1.54) is 14.2 Å². The minimum atomic E-state index is -0.879. The zero-order chi connectivity index (χ0) is 27.8. The van der Waals surface area contributed by atoms with E-state index in [1.54, 1.807) is 30.3 Å². The molecule has 0 aliphatic carbocycles. The highest BCUT2D eigenvalue weighted by molar-refractivity contribution is 5.82. The molecule has 4 aromatic rings. The average molecular weight is 533 g/mol. The van der Waals surface area contributed by atoms with Crippen molar-refractivity contribution in [2.75, 3.05) is 14.2 Å². The molecule has 206 valence electrons. The van der Waals surface area contributed by atoms with Gasteiger partial charge in [0.15, 0.2) is 23.0 Å². The Morgan fingerprint density at radius 3 is 1.74 bits per heavy atom. The van der Waals surface area contributed by atoms with Gasteiger partial charge in [0.25, 0.3) is 0 Å². The van der Waals surface area contributed by atoms with Gasteiger partial charge in [-0.3, -0.25) is 4.79 Å². The van der Waals surface area contributed by atoms with E-state index in [9.17, 15) is 20.1 Å². The molecule has 3 unspecified atom stereocenters. The normalized spacial score (nSPS) is 13.5. The monoisotopic (exact) mass is 532 g/mol. The quantitative estimate of drug-likeness (QED) is 0.162. The van der Waals surface area contributed by atoms with E-state index in [-0.39, 0.29) is 35.5 Å². The molecule has 2 aromatic heterocycles. The number of aliphatic hydroxyl groups is 1. The van der Waals surface area contributed by atoms with Crippen molar-refractivity contribution < 1.29 is 29.6 Å². The molecule has 0 radical (unpaired) electrons. The molecule has 0 spiro atoms. The fraction of sp³-hybridized carbons (Fsp3) is 0.323. The zero-order valence-corrected chi connectivity index (χ0v) is 22.3. The number of phenolic OH excluding ortho intramolecular Hbond substituents is 2. The topological polar surface area (TPSA) is 128 Å². The maximum Gasteiger partial charge on any atom is 0.160 e. The molecule has 2 aromatic carbocycles. The second-order valence-electron chi connectivity index (χ2n) is 9.96. The van der Waals surface area contributed by atoms with Gasteiger partial charge in [0, 0.05) is 37.1 Å². The number of aromatic hydroxyl groups is 2. The van der Waals surface area contributed by atoms with Crippen LogP contribution in [0.4, 0.5) is 0 Å². The van der Waals surface area contributed by atoms with Gasteiger partial charge in [-0.15, -0.1) is 0 Å². The zero-order valence-electron chi connectivity index (χ0n) is 22.3. The van der Waals surface area contributed by atoms with E-state index in [1.807, 2.05) is 43.0 Å². The summed E-state index contributed by atoms with van der Waals surface area (Å²) in [6.07, 6.45) is 8.63. The molecule has 39 heavy (non-hydrogen) atoms. The number of aromatic amines is 2. The van der Waals surface area contributed by atoms with Crippen LogP contribution in [0.5, 0.6) is 23.0 Å². The third-order valence-electron chi connectivity index (χ3n) is 7.18. The first-order valence-corrected chi connectivity index (χ1v) is 13.0. The summed E-state index contributed by atoms with van der Waals surface area (Å²) >= 11 is 0. The van der Waals surface area contributed by atoms with Crippen molar-refractivity contribution in [3.8, 4) is 23.0 Å². The van der Waals surface area contributed by atoms with Crippen molar-refractivity contribution >= 4 is 5.78 Å².